The molecule has 0 N–H and O–H groups in total. The van der Waals surface area contributed by atoms with E-state index in [4.69, 9.17) is 28.7 Å². The number of rotatable bonds is 7. The summed E-state index contributed by atoms with van der Waals surface area (Å²) in [5.41, 5.74) is 5.22. The third kappa shape index (κ3) is 15.0. The fourth-order valence-corrected chi connectivity index (χ4v) is 8.57. The Morgan fingerprint density at radius 3 is 1.52 bits per heavy atom. The Balaban J connectivity index is 0.000000154. The van der Waals surface area contributed by atoms with E-state index in [1.54, 1.807) is 50.8 Å². The lowest BCUT2D eigenvalue weighted by Crippen LogP contribution is -2.44. The van der Waals surface area contributed by atoms with Gasteiger partial charge >= 0.3 is 12.2 Å². The van der Waals surface area contributed by atoms with Crippen LogP contribution in [0.25, 0.3) is 22.8 Å². The molecule has 0 saturated carbocycles. The molecule has 3 aromatic carbocycles. The highest BCUT2D eigenvalue weighted by atomic mass is 79.9. The summed E-state index contributed by atoms with van der Waals surface area (Å²) in [4.78, 5) is 55.3. The number of carbonyl (C=O) groups excluding carboxylic acids is 2. The largest absolute Gasteiger partial charge is 0.444 e. The van der Waals surface area contributed by atoms with E-state index >= 15 is 0 Å². The van der Waals surface area contributed by atoms with Crippen molar-refractivity contribution in [1.29, 1.82) is 0 Å². The number of ether oxygens (including phenoxy) is 5. The number of amides is 2. The topological polar surface area (TPSA) is 186 Å². The molecule has 3 unspecified atom stereocenters. The van der Waals surface area contributed by atoms with Crippen LogP contribution in [0, 0.1) is 0 Å². The van der Waals surface area contributed by atoms with Crippen LogP contribution >= 0.6 is 15.9 Å². The Labute approximate surface area is 445 Å². The number of anilines is 1. The molecule has 394 valence electrons. The lowest BCUT2D eigenvalue weighted by molar-refractivity contribution is -0.0434. The maximum atomic E-state index is 12.6. The van der Waals surface area contributed by atoms with Crippen molar-refractivity contribution in [3.05, 3.63) is 166 Å². The monoisotopic (exact) mass is 1090 g/mol. The normalized spacial score (nSPS) is 18.0. The van der Waals surface area contributed by atoms with E-state index in [1.165, 1.54) is 12.4 Å². The van der Waals surface area contributed by atoms with Crippen LogP contribution in [0.5, 0.6) is 0 Å². The lowest BCUT2D eigenvalue weighted by Gasteiger charge is -2.34. The van der Waals surface area contributed by atoms with Crippen LogP contribution in [0.4, 0.5) is 15.5 Å². The standard InChI is InChI=1S/C22H21N7O2.C18H23N3O3.C15H20BrNO3/c1-27-21(30)13-19(18-7-9-23-15-24-18)26-22(27)28-11-12-31-20(14-28)16-3-5-17(6-4-16)29-10-2-8-25-29;1-18(2,3)24-17(22)20-11-12-23-16(13-20)14-5-7-15(8-6-14)21-10-4-9-19-21;1-15(2,3)20-14(18)17-8-9-19-13(10-17)11-4-6-12(16)7-5-11/h2-10,13,15,20H,11-12,14H2,1H3;4-10,16H,11-13H2,1-3H3;4-7,13H,8-10H2,1-3H3. The maximum Gasteiger partial charge on any atom is 0.410 e. The number of halogens is 1. The van der Waals surface area contributed by atoms with Crippen molar-refractivity contribution in [2.75, 3.05) is 64.0 Å². The number of hydrogen-bond acceptors (Lipinski definition) is 14. The van der Waals surface area contributed by atoms with Crippen LogP contribution in [0.3, 0.4) is 0 Å². The predicted octanol–water partition coefficient (Wildman–Crippen LogP) is 8.94. The number of hydrogen-bond donors (Lipinski definition) is 0. The van der Waals surface area contributed by atoms with Gasteiger partial charge in [-0.3, -0.25) is 9.36 Å². The van der Waals surface area contributed by atoms with Gasteiger partial charge in [0, 0.05) is 68.2 Å². The zero-order valence-corrected chi connectivity index (χ0v) is 44.9. The molecule has 3 aliphatic heterocycles. The molecule has 75 heavy (non-hydrogen) atoms. The highest BCUT2D eigenvalue weighted by Gasteiger charge is 2.31. The second kappa shape index (κ2) is 24.4. The van der Waals surface area contributed by atoms with E-state index in [1.807, 2.05) is 131 Å². The number of morpholine rings is 3. The van der Waals surface area contributed by atoms with Gasteiger partial charge < -0.3 is 38.4 Å². The molecule has 10 rings (SSSR count). The molecule has 3 saturated heterocycles. The molecule has 3 atom stereocenters. The quantitative estimate of drug-likeness (QED) is 0.147. The minimum atomic E-state index is -0.490. The third-order valence-corrected chi connectivity index (χ3v) is 12.6. The van der Waals surface area contributed by atoms with E-state index in [-0.39, 0.29) is 36.1 Å². The second-order valence-corrected chi connectivity index (χ2v) is 20.9. The van der Waals surface area contributed by atoms with Gasteiger partial charge in [-0.25, -0.2) is 33.9 Å². The molecular formula is C55H64BrN11O8. The van der Waals surface area contributed by atoms with Crippen LogP contribution < -0.4 is 10.5 Å². The van der Waals surface area contributed by atoms with Gasteiger partial charge in [-0.05, 0) is 113 Å². The van der Waals surface area contributed by atoms with Crippen molar-refractivity contribution >= 4 is 34.1 Å². The molecule has 3 fully saturated rings. The zero-order chi connectivity index (χ0) is 53.1. The molecular weight excluding hydrogens is 1020 g/mol. The molecule has 20 heteroatoms. The van der Waals surface area contributed by atoms with Crippen molar-refractivity contribution in [2.24, 2.45) is 7.05 Å². The fraction of sp³-hybridized carbons (Fsp3) is 0.382. The maximum absolute atomic E-state index is 12.6. The molecule has 3 aliphatic rings. The van der Waals surface area contributed by atoms with Crippen LogP contribution in [-0.2, 0) is 30.7 Å². The lowest BCUT2D eigenvalue weighted by atomic mass is 10.1. The van der Waals surface area contributed by atoms with E-state index in [0.29, 0.717) is 76.4 Å². The van der Waals surface area contributed by atoms with Gasteiger partial charge in [0.2, 0.25) is 5.95 Å². The summed E-state index contributed by atoms with van der Waals surface area (Å²) in [5.74, 6) is 0.600. The van der Waals surface area contributed by atoms with E-state index in [0.717, 1.165) is 32.5 Å². The Morgan fingerprint density at radius 2 is 1.08 bits per heavy atom. The Hall–Kier alpha value is -7.26. The molecule has 0 bridgehead atoms. The van der Waals surface area contributed by atoms with E-state index < -0.39 is 11.2 Å². The van der Waals surface area contributed by atoms with Crippen molar-refractivity contribution in [1.82, 2.24) is 48.9 Å². The summed E-state index contributed by atoms with van der Waals surface area (Å²) < 4.78 is 34.7. The molecule has 2 amide bonds. The predicted molar refractivity (Wildman–Crippen MR) is 286 cm³/mol. The van der Waals surface area contributed by atoms with Gasteiger partial charge in [-0.15, -0.1) is 0 Å². The average Bonchev–Trinajstić information content (AvgIpc) is 4.17. The molecule has 7 heterocycles. The number of carbonyl (C=O) groups is 2. The number of nitrogens with zero attached hydrogens (tertiary/aromatic N) is 11. The zero-order valence-electron chi connectivity index (χ0n) is 43.4. The van der Waals surface area contributed by atoms with Gasteiger partial charge in [0.15, 0.2) is 0 Å². The van der Waals surface area contributed by atoms with E-state index in [2.05, 4.69) is 53.1 Å². The van der Waals surface area contributed by atoms with Crippen molar-refractivity contribution in [2.45, 2.75) is 71.1 Å². The summed E-state index contributed by atoms with van der Waals surface area (Å²) in [6.45, 7) is 16.2. The SMILES string of the molecule is CC(C)(C)OC(=O)N1CCOC(c2ccc(-n3cccn3)cc2)C1.CC(C)(C)OC(=O)N1CCOC(c2ccc(Br)cc2)C1.Cn1c(N2CCOC(c3ccc(-n4cccn4)cc3)C2)nc(-c2ccncn2)cc1=O. The first-order valence-electron chi connectivity index (χ1n) is 24.8. The van der Waals surface area contributed by atoms with Crippen LogP contribution in [0.15, 0.2) is 144 Å². The summed E-state index contributed by atoms with van der Waals surface area (Å²) in [6.07, 6.45) is 9.47. The molecule has 19 nitrogen and oxygen atoms in total. The minimum Gasteiger partial charge on any atom is -0.444 e. The van der Waals surface area contributed by atoms with E-state index in [9.17, 15) is 14.4 Å². The van der Waals surface area contributed by atoms with Crippen molar-refractivity contribution in [3.8, 4) is 22.8 Å². The summed E-state index contributed by atoms with van der Waals surface area (Å²) in [5, 5.41) is 8.47. The first kappa shape index (κ1) is 54.0. The van der Waals surface area contributed by atoms with Crippen LogP contribution in [0.2, 0.25) is 0 Å². The van der Waals surface area contributed by atoms with Gasteiger partial charge in [-0.2, -0.15) is 10.2 Å². The van der Waals surface area contributed by atoms with Crippen LogP contribution in [0.1, 0.15) is 76.5 Å². The highest BCUT2D eigenvalue weighted by Crippen LogP contribution is 2.29. The average molecular weight is 1090 g/mol. The van der Waals surface area contributed by atoms with Gasteiger partial charge in [0.25, 0.3) is 5.56 Å². The first-order chi connectivity index (χ1) is 36.0. The van der Waals surface area contributed by atoms with Crippen LogP contribution in [-0.4, -0.2) is 131 Å². The number of benzene rings is 3. The third-order valence-electron chi connectivity index (χ3n) is 12.1. The van der Waals surface area contributed by atoms with Crippen molar-refractivity contribution < 1.29 is 33.3 Å². The first-order valence-corrected chi connectivity index (χ1v) is 25.6. The molecule has 7 aromatic rings. The molecule has 0 spiro atoms. The minimum absolute atomic E-state index is 0.0932. The Morgan fingerprint density at radius 1 is 0.613 bits per heavy atom. The van der Waals surface area contributed by atoms with Gasteiger partial charge in [-0.1, -0.05) is 52.3 Å². The fourth-order valence-electron chi connectivity index (χ4n) is 8.31. The van der Waals surface area contributed by atoms with Gasteiger partial charge in [0.05, 0.1) is 62.2 Å². The summed E-state index contributed by atoms with van der Waals surface area (Å²) >= 11 is 3.41. The summed E-state index contributed by atoms with van der Waals surface area (Å²) in [7, 11) is 1.73. The Bertz CT molecular complexity index is 2980. The molecule has 0 radical (unpaired) electrons. The molecule has 0 aliphatic carbocycles. The number of aromatic nitrogens is 8. The second-order valence-electron chi connectivity index (χ2n) is 19.9. The molecule has 4 aromatic heterocycles. The van der Waals surface area contributed by atoms with Crippen molar-refractivity contribution in [3.63, 3.8) is 0 Å². The summed E-state index contributed by atoms with van der Waals surface area (Å²) in [6, 6.07) is 31.2. The Kier molecular flexibility index (Phi) is 17.6. The highest BCUT2D eigenvalue weighted by molar-refractivity contribution is 9.10. The van der Waals surface area contributed by atoms with Gasteiger partial charge in [0.1, 0.15) is 35.8 Å². The smallest absolute Gasteiger partial charge is 0.410 e.